The van der Waals surface area contributed by atoms with E-state index >= 15 is 0 Å². The van der Waals surface area contributed by atoms with Crippen LogP contribution >= 0.6 is 11.8 Å². The number of hydrogen-bond acceptors (Lipinski definition) is 3. The number of nitrogens with one attached hydrogen (secondary N) is 1. The number of benzene rings is 1. The zero-order valence-electron chi connectivity index (χ0n) is 15.1. The second kappa shape index (κ2) is 8.06. The van der Waals surface area contributed by atoms with E-state index in [1.165, 1.54) is 13.3 Å². The molecule has 0 saturated carbocycles. The maximum atomic E-state index is 12.9. The van der Waals surface area contributed by atoms with Crippen molar-refractivity contribution in [2.45, 2.75) is 57.7 Å². The topological polar surface area (TPSA) is 49.4 Å². The van der Waals surface area contributed by atoms with Crippen LogP contribution in [0.4, 0.5) is 5.69 Å². The second-order valence-electron chi connectivity index (χ2n) is 7.33. The first-order valence-corrected chi connectivity index (χ1v) is 9.57. The van der Waals surface area contributed by atoms with Crippen molar-refractivity contribution in [1.82, 2.24) is 4.90 Å². The van der Waals surface area contributed by atoms with Gasteiger partial charge in [-0.15, -0.1) is 0 Å². The van der Waals surface area contributed by atoms with E-state index in [4.69, 9.17) is 0 Å². The van der Waals surface area contributed by atoms with Crippen molar-refractivity contribution in [1.29, 1.82) is 0 Å². The van der Waals surface area contributed by atoms with Gasteiger partial charge in [-0.3, -0.25) is 9.59 Å². The van der Waals surface area contributed by atoms with Crippen molar-refractivity contribution in [3.63, 3.8) is 0 Å². The van der Waals surface area contributed by atoms with Gasteiger partial charge in [-0.1, -0.05) is 20.8 Å². The molecule has 1 atom stereocenters. The summed E-state index contributed by atoms with van der Waals surface area (Å²) in [5.74, 6) is 0.979. The van der Waals surface area contributed by atoms with Gasteiger partial charge in [-0.05, 0) is 43.5 Å². The molecular weight excluding hydrogens is 320 g/mol. The summed E-state index contributed by atoms with van der Waals surface area (Å²) in [5, 5.41) is 2.73. The van der Waals surface area contributed by atoms with E-state index in [1.807, 2.05) is 16.7 Å². The first kappa shape index (κ1) is 18.8. The third-order valence-corrected chi connectivity index (χ3v) is 5.47. The highest BCUT2D eigenvalue weighted by Gasteiger charge is 2.28. The molecule has 4 nitrogen and oxygen atoms in total. The fourth-order valence-electron chi connectivity index (χ4n) is 2.85. The summed E-state index contributed by atoms with van der Waals surface area (Å²) in [6.45, 7) is 8.96. The average Bonchev–Trinajstić information content (AvgIpc) is 2.52. The Balaban J connectivity index is 2.06. The Morgan fingerprint density at radius 1 is 1.21 bits per heavy atom. The van der Waals surface area contributed by atoms with Crippen molar-refractivity contribution in [3.05, 3.63) is 29.8 Å². The molecule has 0 radical (unpaired) electrons. The van der Waals surface area contributed by atoms with Crippen LogP contribution in [-0.2, 0) is 4.79 Å². The molecule has 2 amide bonds. The van der Waals surface area contributed by atoms with Crippen LogP contribution in [0.25, 0.3) is 0 Å². The van der Waals surface area contributed by atoms with Gasteiger partial charge in [0.15, 0.2) is 0 Å². The number of carbonyl (C=O) groups excluding carboxylic acids is 2. The molecule has 2 rings (SSSR count). The summed E-state index contributed by atoms with van der Waals surface area (Å²) in [4.78, 5) is 26.0. The summed E-state index contributed by atoms with van der Waals surface area (Å²) in [7, 11) is 0. The normalized spacial score (nSPS) is 18.3. The Labute approximate surface area is 149 Å². The van der Waals surface area contributed by atoms with Crippen LogP contribution in [-0.4, -0.2) is 39.8 Å². The largest absolute Gasteiger partial charge is 0.335 e. The first-order chi connectivity index (χ1) is 11.3. The Morgan fingerprint density at radius 2 is 1.88 bits per heavy atom. The Bertz CT molecular complexity index is 578. The first-order valence-electron chi connectivity index (χ1n) is 8.59. The molecule has 1 N–H and O–H groups in total. The summed E-state index contributed by atoms with van der Waals surface area (Å²) in [5.41, 5.74) is 1.41. The maximum Gasteiger partial charge on any atom is 0.254 e. The van der Waals surface area contributed by atoms with Crippen LogP contribution in [0.1, 0.15) is 57.3 Å². The second-order valence-corrected chi connectivity index (χ2v) is 9.18. The van der Waals surface area contributed by atoms with Gasteiger partial charge < -0.3 is 10.2 Å². The summed E-state index contributed by atoms with van der Waals surface area (Å²) in [6.07, 6.45) is 3.35. The van der Waals surface area contributed by atoms with E-state index in [9.17, 15) is 9.59 Å². The molecule has 1 heterocycles. The lowest BCUT2D eigenvalue weighted by molar-refractivity contribution is -0.114. The molecule has 5 heteroatoms. The molecule has 0 aliphatic carbocycles. The fourth-order valence-corrected chi connectivity index (χ4v) is 3.89. The van der Waals surface area contributed by atoms with Crippen LogP contribution in [0.2, 0.25) is 0 Å². The SMILES string of the molecule is CC(=O)Nc1ccc(C(=O)N2CCCC[C@H]2CSC(C)(C)C)cc1. The van der Waals surface area contributed by atoms with Gasteiger partial charge in [0, 0.05) is 41.3 Å². The number of likely N-dealkylation sites (tertiary alicyclic amines) is 1. The highest BCUT2D eigenvalue weighted by Crippen LogP contribution is 2.29. The average molecular weight is 349 g/mol. The Morgan fingerprint density at radius 3 is 2.46 bits per heavy atom. The van der Waals surface area contributed by atoms with E-state index in [0.29, 0.717) is 11.6 Å². The maximum absolute atomic E-state index is 12.9. The van der Waals surface area contributed by atoms with Crippen LogP contribution in [0, 0.1) is 0 Å². The molecule has 1 aromatic carbocycles. The smallest absolute Gasteiger partial charge is 0.254 e. The number of rotatable bonds is 4. The lowest BCUT2D eigenvalue weighted by Crippen LogP contribution is -2.45. The quantitative estimate of drug-likeness (QED) is 0.888. The van der Waals surface area contributed by atoms with E-state index in [1.54, 1.807) is 24.3 Å². The number of amides is 2. The molecule has 0 spiro atoms. The van der Waals surface area contributed by atoms with Crippen molar-refractivity contribution < 1.29 is 9.59 Å². The molecule has 1 aromatic rings. The Hall–Kier alpha value is -1.49. The number of anilines is 1. The fraction of sp³-hybridized carbons (Fsp3) is 0.579. The number of carbonyl (C=O) groups is 2. The number of piperidine rings is 1. The zero-order valence-corrected chi connectivity index (χ0v) is 15.9. The van der Waals surface area contributed by atoms with Crippen molar-refractivity contribution in [2.75, 3.05) is 17.6 Å². The minimum absolute atomic E-state index is 0.101. The molecular formula is C19H28N2O2S. The Kier molecular flexibility index (Phi) is 6.33. The number of hydrogen-bond donors (Lipinski definition) is 1. The minimum atomic E-state index is -0.107. The van der Waals surface area contributed by atoms with Gasteiger partial charge in [0.2, 0.25) is 5.91 Å². The lowest BCUT2D eigenvalue weighted by Gasteiger charge is -2.37. The third-order valence-electron chi connectivity index (χ3n) is 4.05. The number of thioether (sulfide) groups is 1. The van der Waals surface area contributed by atoms with Gasteiger partial charge in [0.25, 0.3) is 5.91 Å². The van der Waals surface area contributed by atoms with E-state index in [0.717, 1.165) is 30.8 Å². The van der Waals surface area contributed by atoms with Crippen LogP contribution in [0.5, 0.6) is 0 Å². The van der Waals surface area contributed by atoms with Crippen LogP contribution in [0.15, 0.2) is 24.3 Å². The van der Waals surface area contributed by atoms with Crippen molar-refractivity contribution >= 4 is 29.3 Å². The lowest BCUT2D eigenvalue weighted by atomic mass is 10.0. The molecule has 0 bridgehead atoms. The monoisotopic (exact) mass is 348 g/mol. The third kappa shape index (κ3) is 5.55. The van der Waals surface area contributed by atoms with Crippen LogP contribution in [0.3, 0.4) is 0 Å². The minimum Gasteiger partial charge on any atom is -0.335 e. The van der Waals surface area contributed by atoms with Crippen molar-refractivity contribution in [2.24, 2.45) is 0 Å². The molecule has 1 aliphatic rings. The van der Waals surface area contributed by atoms with Gasteiger partial charge >= 0.3 is 0 Å². The predicted octanol–water partition coefficient (Wildman–Crippen LogP) is 4.17. The summed E-state index contributed by atoms with van der Waals surface area (Å²) >= 11 is 1.92. The van der Waals surface area contributed by atoms with E-state index in [2.05, 4.69) is 26.1 Å². The van der Waals surface area contributed by atoms with Gasteiger partial charge in [-0.2, -0.15) is 11.8 Å². The highest BCUT2D eigenvalue weighted by molar-refractivity contribution is 8.00. The molecule has 1 saturated heterocycles. The van der Waals surface area contributed by atoms with E-state index in [-0.39, 0.29) is 16.6 Å². The van der Waals surface area contributed by atoms with Gasteiger partial charge in [-0.25, -0.2) is 0 Å². The molecule has 0 unspecified atom stereocenters. The van der Waals surface area contributed by atoms with E-state index < -0.39 is 0 Å². The predicted molar refractivity (Wildman–Crippen MR) is 102 cm³/mol. The molecule has 1 aliphatic heterocycles. The highest BCUT2D eigenvalue weighted by atomic mass is 32.2. The van der Waals surface area contributed by atoms with Gasteiger partial charge in [0.1, 0.15) is 0 Å². The molecule has 132 valence electrons. The molecule has 24 heavy (non-hydrogen) atoms. The van der Waals surface area contributed by atoms with Gasteiger partial charge in [0.05, 0.1) is 0 Å². The number of nitrogens with zero attached hydrogens (tertiary/aromatic N) is 1. The zero-order chi connectivity index (χ0) is 17.7. The molecule has 0 aromatic heterocycles. The van der Waals surface area contributed by atoms with Crippen LogP contribution < -0.4 is 5.32 Å². The standard InChI is InChI=1S/C19H28N2O2S/c1-14(22)20-16-10-8-15(9-11-16)18(23)21-12-6-5-7-17(21)13-24-19(2,3)4/h8-11,17H,5-7,12-13H2,1-4H3,(H,20,22)/t17-/m0/s1. The molecule has 1 fully saturated rings. The summed E-state index contributed by atoms with van der Waals surface area (Å²) < 4.78 is 0.214. The summed E-state index contributed by atoms with van der Waals surface area (Å²) in [6, 6.07) is 7.49. The van der Waals surface area contributed by atoms with Crippen molar-refractivity contribution in [3.8, 4) is 0 Å².